The summed E-state index contributed by atoms with van der Waals surface area (Å²) in [6, 6.07) is 0. The summed E-state index contributed by atoms with van der Waals surface area (Å²) < 4.78 is 17.2. The molecule has 0 amide bonds. The van der Waals surface area contributed by atoms with Crippen LogP contribution < -0.4 is 0 Å². The van der Waals surface area contributed by atoms with Crippen LogP contribution in [0.5, 0.6) is 0 Å². The standard InChI is InChI=1S/C32H58O5/c1-3-5-7-9-11-13-15-17-19-23-27-35-29(33)31-25-21-22-26-32(31,37-31)30(34)36-28-24-20-18-16-14-12-10-8-6-4-2/h3-28H2,1-2H3. The van der Waals surface area contributed by atoms with Crippen molar-refractivity contribution in [3.8, 4) is 0 Å². The SMILES string of the molecule is CCCCCCCCCCCCOC(=O)C12CCCCC1(C(=O)OCCCCCCCCCCCC)O2. The van der Waals surface area contributed by atoms with Gasteiger partial charge in [-0.05, 0) is 38.5 Å². The van der Waals surface area contributed by atoms with Gasteiger partial charge in [0.25, 0.3) is 0 Å². The van der Waals surface area contributed by atoms with Crippen LogP contribution in [0.3, 0.4) is 0 Å². The number of rotatable bonds is 24. The van der Waals surface area contributed by atoms with E-state index in [4.69, 9.17) is 14.2 Å². The van der Waals surface area contributed by atoms with E-state index in [9.17, 15) is 9.59 Å². The van der Waals surface area contributed by atoms with Crippen molar-refractivity contribution in [1.29, 1.82) is 0 Å². The molecule has 0 aromatic carbocycles. The summed E-state index contributed by atoms with van der Waals surface area (Å²) in [7, 11) is 0. The summed E-state index contributed by atoms with van der Waals surface area (Å²) in [5.74, 6) is -0.696. The molecule has 37 heavy (non-hydrogen) atoms. The van der Waals surface area contributed by atoms with Gasteiger partial charge in [-0.15, -0.1) is 0 Å². The Bertz CT molecular complexity index is 568. The molecule has 2 fully saturated rings. The van der Waals surface area contributed by atoms with Crippen LogP contribution in [0.15, 0.2) is 0 Å². The van der Waals surface area contributed by atoms with E-state index in [1.165, 1.54) is 103 Å². The summed E-state index contributed by atoms with van der Waals surface area (Å²) in [5.41, 5.74) is -2.17. The third-order valence-electron chi connectivity index (χ3n) is 8.39. The number of ether oxygens (including phenoxy) is 3. The van der Waals surface area contributed by atoms with Crippen molar-refractivity contribution in [2.75, 3.05) is 13.2 Å². The maximum atomic E-state index is 12.9. The lowest BCUT2D eigenvalue weighted by atomic mass is 9.79. The van der Waals surface area contributed by atoms with Gasteiger partial charge < -0.3 is 14.2 Å². The molecule has 2 rings (SSSR count). The molecule has 0 spiro atoms. The van der Waals surface area contributed by atoms with Crippen LogP contribution in [0.25, 0.3) is 0 Å². The van der Waals surface area contributed by atoms with E-state index in [0.717, 1.165) is 38.5 Å². The highest BCUT2D eigenvalue weighted by Crippen LogP contribution is 2.59. The Hall–Kier alpha value is -1.10. The largest absolute Gasteiger partial charge is 0.463 e. The number of unbranched alkanes of at least 4 members (excludes halogenated alkanes) is 18. The number of hydrogen-bond acceptors (Lipinski definition) is 5. The lowest BCUT2D eigenvalue weighted by Crippen LogP contribution is -2.44. The second-order valence-corrected chi connectivity index (χ2v) is 11.6. The highest BCUT2D eigenvalue weighted by molar-refractivity contribution is 5.98. The van der Waals surface area contributed by atoms with Crippen molar-refractivity contribution in [1.82, 2.24) is 0 Å². The molecule has 2 unspecified atom stereocenters. The average molecular weight is 523 g/mol. The Balaban J connectivity index is 1.54. The van der Waals surface area contributed by atoms with E-state index < -0.39 is 11.2 Å². The molecule has 2 aliphatic rings. The molecule has 0 bridgehead atoms. The second kappa shape index (κ2) is 19.0. The Kier molecular flexibility index (Phi) is 16.5. The number of hydrogen-bond donors (Lipinski definition) is 0. The quantitative estimate of drug-likeness (QED) is 0.0719. The molecule has 1 aliphatic heterocycles. The van der Waals surface area contributed by atoms with Crippen molar-refractivity contribution in [2.24, 2.45) is 0 Å². The van der Waals surface area contributed by atoms with Crippen LogP contribution in [0, 0.1) is 0 Å². The molecule has 216 valence electrons. The zero-order chi connectivity index (χ0) is 26.7. The molecule has 5 nitrogen and oxygen atoms in total. The summed E-state index contributed by atoms with van der Waals surface area (Å²) in [6.07, 6.45) is 27.8. The molecule has 0 N–H and O–H groups in total. The van der Waals surface area contributed by atoms with Gasteiger partial charge in [-0.2, -0.15) is 0 Å². The molecule has 0 aromatic heterocycles. The zero-order valence-electron chi connectivity index (χ0n) is 24.4. The maximum absolute atomic E-state index is 12.9. The third kappa shape index (κ3) is 10.9. The fourth-order valence-corrected chi connectivity index (χ4v) is 5.88. The summed E-state index contributed by atoms with van der Waals surface area (Å²) in [5, 5.41) is 0. The van der Waals surface area contributed by atoms with Gasteiger partial charge in [-0.1, -0.05) is 129 Å². The summed E-state index contributed by atoms with van der Waals surface area (Å²) >= 11 is 0. The van der Waals surface area contributed by atoms with Crippen molar-refractivity contribution >= 4 is 11.9 Å². The van der Waals surface area contributed by atoms with Gasteiger partial charge in [0, 0.05) is 0 Å². The molecule has 1 heterocycles. The van der Waals surface area contributed by atoms with Gasteiger partial charge in [0.05, 0.1) is 13.2 Å². The summed E-state index contributed by atoms with van der Waals surface area (Å²) in [6.45, 7) is 5.34. The molecular formula is C32H58O5. The predicted molar refractivity (Wildman–Crippen MR) is 151 cm³/mol. The van der Waals surface area contributed by atoms with E-state index in [1.54, 1.807) is 0 Å². The predicted octanol–water partition coefficient (Wildman–Crippen LogP) is 9.00. The molecule has 5 heteroatoms. The van der Waals surface area contributed by atoms with Crippen molar-refractivity contribution in [3.05, 3.63) is 0 Å². The minimum Gasteiger partial charge on any atom is -0.463 e. The van der Waals surface area contributed by atoms with Crippen LogP contribution in [-0.2, 0) is 23.8 Å². The Morgan fingerprint density at radius 2 is 0.811 bits per heavy atom. The number of esters is 2. The van der Waals surface area contributed by atoms with Gasteiger partial charge in [0.1, 0.15) is 0 Å². The lowest BCUT2D eigenvalue weighted by Gasteiger charge is -2.22. The fraction of sp³-hybridized carbons (Fsp3) is 0.938. The average Bonchev–Trinajstić information content (AvgIpc) is 3.62. The zero-order valence-corrected chi connectivity index (χ0v) is 24.4. The molecule has 0 radical (unpaired) electrons. The topological polar surface area (TPSA) is 65.1 Å². The van der Waals surface area contributed by atoms with Crippen LogP contribution in [0.1, 0.15) is 168 Å². The number of epoxide rings is 1. The molecular weight excluding hydrogens is 464 g/mol. The highest BCUT2D eigenvalue weighted by atomic mass is 16.7. The van der Waals surface area contributed by atoms with E-state index in [0.29, 0.717) is 26.1 Å². The van der Waals surface area contributed by atoms with Crippen molar-refractivity contribution in [3.63, 3.8) is 0 Å². The second-order valence-electron chi connectivity index (χ2n) is 11.6. The molecule has 0 aromatic rings. The first-order valence-corrected chi connectivity index (χ1v) is 16.2. The number of fused-ring (bicyclic) bond motifs is 1. The van der Waals surface area contributed by atoms with E-state index >= 15 is 0 Å². The van der Waals surface area contributed by atoms with E-state index in [2.05, 4.69) is 13.8 Å². The van der Waals surface area contributed by atoms with Gasteiger partial charge in [0.2, 0.25) is 11.2 Å². The van der Waals surface area contributed by atoms with Gasteiger partial charge >= 0.3 is 11.9 Å². The molecule has 1 saturated heterocycles. The number of carbonyl (C=O) groups excluding carboxylic acids is 2. The maximum Gasteiger partial charge on any atom is 0.342 e. The van der Waals surface area contributed by atoms with Crippen molar-refractivity contribution < 1.29 is 23.8 Å². The lowest BCUT2D eigenvalue weighted by molar-refractivity contribution is -0.155. The van der Waals surface area contributed by atoms with Crippen molar-refractivity contribution in [2.45, 2.75) is 179 Å². The number of carbonyl (C=O) groups is 2. The summed E-state index contributed by atoms with van der Waals surface area (Å²) in [4.78, 5) is 25.9. The minimum atomic E-state index is -1.08. The molecule has 1 aliphatic carbocycles. The van der Waals surface area contributed by atoms with E-state index in [-0.39, 0.29) is 11.9 Å². The molecule has 1 saturated carbocycles. The smallest absolute Gasteiger partial charge is 0.342 e. The van der Waals surface area contributed by atoms with Gasteiger partial charge in [-0.25, -0.2) is 9.59 Å². The highest BCUT2D eigenvalue weighted by Gasteiger charge is 2.81. The third-order valence-corrected chi connectivity index (χ3v) is 8.39. The monoisotopic (exact) mass is 522 g/mol. The Labute approximate surface area is 228 Å². The fourth-order valence-electron chi connectivity index (χ4n) is 5.88. The first-order chi connectivity index (χ1) is 18.1. The van der Waals surface area contributed by atoms with Gasteiger partial charge in [0.15, 0.2) is 0 Å². The molecule has 2 atom stereocenters. The first-order valence-electron chi connectivity index (χ1n) is 16.2. The Morgan fingerprint density at radius 1 is 0.514 bits per heavy atom. The van der Waals surface area contributed by atoms with E-state index in [1.807, 2.05) is 0 Å². The van der Waals surface area contributed by atoms with Crippen LogP contribution in [0.4, 0.5) is 0 Å². The normalized spacial score (nSPS) is 22.4. The van der Waals surface area contributed by atoms with Crippen LogP contribution in [-0.4, -0.2) is 36.4 Å². The first kappa shape index (κ1) is 32.1. The van der Waals surface area contributed by atoms with Gasteiger partial charge in [-0.3, -0.25) is 0 Å². The Morgan fingerprint density at radius 3 is 1.14 bits per heavy atom. The minimum absolute atomic E-state index is 0.348. The van der Waals surface area contributed by atoms with Crippen LogP contribution >= 0.6 is 0 Å². The van der Waals surface area contributed by atoms with Crippen LogP contribution in [0.2, 0.25) is 0 Å².